The molecule has 90 valence electrons. The molecule has 0 bridgehead atoms. The predicted octanol–water partition coefficient (Wildman–Crippen LogP) is 3.30. The van der Waals surface area contributed by atoms with E-state index in [2.05, 4.69) is 59.1 Å². The molecule has 1 aliphatic rings. The highest BCUT2D eigenvalue weighted by Gasteiger charge is 2.20. The van der Waals surface area contributed by atoms with Crippen LogP contribution in [-0.4, -0.2) is 13.2 Å². The molecule has 1 heterocycles. The van der Waals surface area contributed by atoms with Crippen LogP contribution in [0.5, 0.6) is 0 Å². The average Bonchev–Trinajstić information content (AvgIpc) is 2.16. The lowest BCUT2D eigenvalue weighted by molar-refractivity contribution is 0.666. The lowest BCUT2D eigenvalue weighted by atomic mass is 9.58. The molecule has 0 amide bonds. The molecule has 16 heavy (non-hydrogen) atoms. The van der Waals surface area contributed by atoms with Gasteiger partial charge in [0.2, 0.25) is 0 Å². The van der Waals surface area contributed by atoms with E-state index in [1.807, 2.05) is 0 Å². The summed E-state index contributed by atoms with van der Waals surface area (Å²) in [5.41, 5.74) is 3.02. The van der Waals surface area contributed by atoms with E-state index in [0.717, 1.165) is 5.82 Å². The Kier molecular flexibility index (Phi) is 4.70. The SMILES string of the molecule is CC(C)BC1C=C(C(C)C)C(C(C)C)=CN1. The molecule has 0 fully saturated rings. The van der Waals surface area contributed by atoms with Crippen molar-refractivity contribution in [3.63, 3.8) is 0 Å². The van der Waals surface area contributed by atoms with E-state index in [0.29, 0.717) is 17.8 Å². The van der Waals surface area contributed by atoms with E-state index in [9.17, 15) is 0 Å². The van der Waals surface area contributed by atoms with Crippen LogP contribution in [0.4, 0.5) is 0 Å². The van der Waals surface area contributed by atoms with Crippen LogP contribution in [0.2, 0.25) is 5.82 Å². The second-order valence-electron chi connectivity index (χ2n) is 5.93. The third-order valence-electron chi connectivity index (χ3n) is 3.14. The van der Waals surface area contributed by atoms with Gasteiger partial charge in [-0.2, -0.15) is 0 Å². The van der Waals surface area contributed by atoms with Crippen LogP contribution in [0.25, 0.3) is 0 Å². The molecule has 0 radical (unpaired) electrons. The van der Waals surface area contributed by atoms with Gasteiger partial charge in [-0.05, 0) is 23.0 Å². The van der Waals surface area contributed by atoms with Gasteiger partial charge in [-0.15, -0.1) is 0 Å². The summed E-state index contributed by atoms with van der Waals surface area (Å²) in [6.07, 6.45) is 4.69. The Labute approximate surface area is 102 Å². The van der Waals surface area contributed by atoms with Crippen LogP contribution in [0, 0.1) is 11.8 Å². The Morgan fingerprint density at radius 3 is 2.00 bits per heavy atom. The van der Waals surface area contributed by atoms with Gasteiger partial charge in [0.15, 0.2) is 7.28 Å². The fraction of sp³-hybridized carbons (Fsp3) is 0.714. The fourth-order valence-electron chi connectivity index (χ4n) is 2.31. The molecule has 0 saturated heterocycles. The maximum absolute atomic E-state index is 3.53. The van der Waals surface area contributed by atoms with Gasteiger partial charge in [0, 0.05) is 12.1 Å². The van der Waals surface area contributed by atoms with Crippen molar-refractivity contribution in [3.8, 4) is 0 Å². The first-order chi connectivity index (χ1) is 7.41. The Morgan fingerprint density at radius 1 is 1.00 bits per heavy atom. The summed E-state index contributed by atoms with van der Waals surface area (Å²) in [5, 5.41) is 3.53. The molecule has 1 nitrogen and oxygen atoms in total. The summed E-state index contributed by atoms with van der Waals surface area (Å²) in [7, 11) is 1.22. The quantitative estimate of drug-likeness (QED) is 0.715. The Balaban J connectivity index is 2.82. The molecule has 1 N–H and O–H groups in total. The first kappa shape index (κ1) is 13.4. The summed E-state index contributed by atoms with van der Waals surface area (Å²) in [6, 6.07) is 0. The lowest BCUT2D eigenvalue weighted by Crippen LogP contribution is -2.34. The van der Waals surface area contributed by atoms with Gasteiger partial charge in [0.25, 0.3) is 0 Å². The molecular formula is C14H26BN. The van der Waals surface area contributed by atoms with Gasteiger partial charge in [-0.25, -0.2) is 0 Å². The first-order valence-electron chi connectivity index (χ1n) is 6.60. The number of rotatable bonds is 4. The molecule has 1 rings (SSSR count). The summed E-state index contributed by atoms with van der Waals surface area (Å²) in [4.78, 5) is 0. The number of nitrogens with one attached hydrogen (secondary N) is 1. The van der Waals surface area contributed by atoms with E-state index in [4.69, 9.17) is 0 Å². The fourth-order valence-corrected chi connectivity index (χ4v) is 2.31. The van der Waals surface area contributed by atoms with E-state index >= 15 is 0 Å². The predicted molar refractivity (Wildman–Crippen MR) is 75.0 cm³/mol. The van der Waals surface area contributed by atoms with E-state index in [1.165, 1.54) is 12.9 Å². The van der Waals surface area contributed by atoms with Crippen molar-refractivity contribution in [3.05, 3.63) is 23.4 Å². The van der Waals surface area contributed by atoms with Gasteiger partial charge >= 0.3 is 0 Å². The molecule has 0 aromatic rings. The third kappa shape index (κ3) is 3.43. The number of dihydropyridines is 1. The molecule has 1 aliphatic heterocycles. The van der Waals surface area contributed by atoms with Crippen molar-refractivity contribution in [1.82, 2.24) is 5.32 Å². The topological polar surface area (TPSA) is 12.0 Å². The normalized spacial score (nSPS) is 20.9. The third-order valence-corrected chi connectivity index (χ3v) is 3.14. The highest BCUT2D eigenvalue weighted by Crippen LogP contribution is 2.28. The molecule has 0 spiro atoms. The summed E-state index contributed by atoms with van der Waals surface area (Å²) >= 11 is 0. The second kappa shape index (κ2) is 5.61. The Bertz CT molecular complexity index is 287. The van der Waals surface area contributed by atoms with Crippen molar-refractivity contribution in [2.45, 2.75) is 53.3 Å². The largest absolute Gasteiger partial charge is 0.392 e. The molecule has 0 aliphatic carbocycles. The van der Waals surface area contributed by atoms with Crippen LogP contribution < -0.4 is 5.32 Å². The minimum Gasteiger partial charge on any atom is -0.392 e. The molecule has 2 heteroatoms. The minimum atomic E-state index is 0.528. The number of hydrogen-bond donors (Lipinski definition) is 1. The summed E-state index contributed by atoms with van der Waals surface area (Å²) in [6.45, 7) is 13.7. The van der Waals surface area contributed by atoms with Gasteiger partial charge in [-0.3, -0.25) is 0 Å². The molecule has 0 aromatic carbocycles. The van der Waals surface area contributed by atoms with E-state index in [-0.39, 0.29) is 0 Å². The smallest absolute Gasteiger partial charge is 0.156 e. The zero-order valence-electron chi connectivity index (χ0n) is 11.7. The highest BCUT2D eigenvalue weighted by molar-refractivity contribution is 6.40. The number of hydrogen-bond acceptors (Lipinski definition) is 1. The van der Waals surface area contributed by atoms with E-state index < -0.39 is 0 Å². The van der Waals surface area contributed by atoms with Gasteiger partial charge in [0.05, 0.1) is 0 Å². The van der Waals surface area contributed by atoms with Crippen molar-refractivity contribution in [2.75, 3.05) is 0 Å². The Hall–Kier alpha value is -0.655. The Morgan fingerprint density at radius 2 is 1.56 bits per heavy atom. The van der Waals surface area contributed by atoms with Crippen molar-refractivity contribution in [2.24, 2.45) is 11.8 Å². The van der Waals surface area contributed by atoms with Gasteiger partial charge in [-0.1, -0.05) is 53.4 Å². The maximum Gasteiger partial charge on any atom is 0.156 e. The molecule has 1 atom stereocenters. The van der Waals surface area contributed by atoms with Crippen LogP contribution >= 0.6 is 0 Å². The van der Waals surface area contributed by atoms with Crippen LogP contribution in [0.1, 0.15) is 41.5 Å². The molecule has 1 unspecified atom stereocenters. The first-order valence-corrected chi connectivity index (χ1v) is 6.60. The monoisotopic (exact) mass is 219 g/mol. The maximum atomic E-state index is 3.53. The lowest BCUT2D eigenvalue weighted by Gasteiger charge is -2.28. The molecule has 0 aromatic heterocycles. The molecule has 0 saturated carbocycles. The summed E-state index contributed by atoms with van der Waals surface area (Å²) in [5.74, 6) is 2.52. The van der Waals surface area contributed by atoms with Crippen LogP contribution in [0.3, 0.4) is 0 Å². The standard InChI is InChI=1S/C14H26BN/c1-9(2)12-7-14(15-11(5)6)16-8-13(12)10(3)4/h7-11,14-16H,1-6H3. The van der Waals surface area contributed by atoms with E-state index in [1.54, 1.807) is 5.57 Å². The summed E-state index contributed by atoms with van der Waals surface area (Å²) < 4.78 is 0. The molecular weight excluding hydrogens is 193 g/mol. The zero-order valence-corrected chi connectivity index (χ0v) is 11.7. The van der Waals surface area contributed by atoms with Crippen LogP contribution in [0.15, 0.2) is 23.4 Å². The van der Waals surface area contributed by atoms with Gasteiger partial charge in [0.1, 0.15) is 0 Å². The highest BCUT2D eigenvalue weighted by atomic mass is 14.9. The minimum absolute atomic E-state index is 0.528. The van der Waals surface area contributed by atoms with Crippen molar-refractivity contribution in [1.29, 1.82) is 0 Å². The van der Waals surface area contributed by atoms with Gasteiger partial charge < -0.3 is 5.32 Å². The van der Waals surface area contributed by atoms with Crippen molar-refractivity contribution >= 4 is 7.28 Å². The van der Waals surface area contributed by atoms with Crippen LogP contribution in [-0.2, 0) is 0 Å². The van der Waals surface area contributed by atoms with Crippen molar-refractivity contribution < 1.29 is 0 Å². The zero-order chi connectivity index (χ0) is 12.3. The second-order valence-corrected chi connectivity index (χ2v) is 5.93. The number of allylic oxidation sites excluding steroid dienone is 2. The average molecular weight is 219 g/mol.